The monoisotopic (exact) mass is 602 g/mol. The van der Waals surface area contributed by atoms with E-state index in [1.807, 2.05) is 0 Å². The maximum absolute atomic E-state index is 2.58. The average molecular weight is 603 g/mol. The minimum Gasteiger partial charge on any atom is -0.139 e. The molecule has 2 heteroatoms. The maximum atomic E-state index is 2.58. The Labute approximate surface area is 266 Å². The summed E-state index contributed by atoms with van der Waals surface area (Å²) < 4.78 is 1.45. The van der Waals surface area contributed by atoms with Crippen LogP contribution in [0.3, 0.4) is 0 Å². The first-order chi connectivity index (χ1) is 20.2. The first-order valence-corrected chi connectivity index (χ1v) is 19.8. The SMILES string of the molecule is CC[Si](CC)(C1C(C)=Cc2c(-c3cc(C(C)(C)C)cc(C(C)(C)C)c3)cccc21)C1C(C)=C(C)c2c1sc1ccccc21. The van der Waals surface area contributed by atoms with Crippen LogP contribution in [0, 0.1) is 0 Å². The van der Waals surface area contributed by atoms with Gasteiger partial charge in [-0.05, 0) is 82.2 Å². The fourth-order valence-corrected chi connectivity index (χ4v) is 16.7. The van der Waals surface area contributed by atoms with Crippen molar-refractivity contribution in [3.05, 3.63) is 105 Å². The molecule has 6 rings (SSSR count). The van der Waals surface area contributed by atoms with E-state index in [4.69, 9.17) is 0 Å². The molecule has 0 saturated carbocycles. The average Bonchev–Trinajstić information content (AvgIpc) is 3.58. The van der Waals surface area contributed by atoms with E-state index in [1.165, 1.54) is 50.0 Å². The molecular weight excluding hydrogens is 553 g/mol. The summed E-state index contributed by atoms with van der Waals surface area (Å²) in [5.41, 5.74) is 16.3. The van der Waals surface area contributed by atoms with Crippen LogP contribution < -0.4 is 0 Å². The summed E-state index contributed by atoms with van der Waals surface area (Å²) in [6.45, 7) is 26.4. The molecule has 43 heavy (non-hydrogen) atoms. The predicted molar refractivity (Wildman–Crippen MR) is 195 cm³/mol. The third-order valence-corrected chi connectivity index (χ3v) is 18.9. The summed E-state index contributed by atoms with van der Waals surface area (Å²) in [6, 6.07) is 26.3. The van der Waals surface area contributed by atoms with Crippen molar-refractivity contribution in [2.24, 2.45) is 0 Å². The quantitative estimate of drug-likeness (QED) is 0.199. The lowest BCUT2D eigenvalue weighted by molar-refractivity contribution is 0.569. The van der Waals surface area contributed by atoms with Gasteiger partial charge in [0.2, 0.25) is 0 Å². The summed E-state index contributed by atoms with van der Waals surface area (Å²) in [6.07, 6.45) is 2.58. The molecule has 0 N–H and O–H groups in total. The highest BCUT2D eigenvalue weighted by Gasteiger charge is 2.52. The van der Waals surface area contributed by atoms with Crippen LogP contribution in [0.4, 0.5) is 0 Å². The first kappa shape index (κ1) is 30.3. The Morgan fingerprint density at radius 1 is 0.744 bits per heavy atom. The smallest absolute Gasteiger partial charge is 0.0787 e. The van der Waals surface area contributed by atoms with E-state index in [-0.39, 0.29) is 10.8 Å². The summed E-state index contributed by atoms with van der Waals surface area (Å²) in [5.74, 6) is 0. The van der Waals surface area contributed by atoms with Gasteiger partial charge >= 0.3 is 0 Å². The van der Waals surface area contributed by atoms with Gasteiger partial charge in [-0.25, -0.2) is 0 Å². The lowest BCUT2D eigenvalue weighted by Gasteiger charge is -2.43. The molecule has 2 aliphatic rings. The van der Waals surface area contributed by atoms with Crippen molar-refractivity contribution in [3.63, 3.8) is 0 Å². The Kier molecular flexibility index (Phi) is 7.38. The van der Waals surface area contributed by atoms with Crippen molar-refractivity contribution in [1.29, 1.82) is 0 Å². The summed E-state index contributed by atoms with van der Waals surface area (Å²) in [5, 5.41) is 1.46. The number of hydrogen-bond donors (Lipinski definition) is 0. The molecule has 0 spiro atoms. The highest BCUT2D eigenvalue weighted by molar-refractivity contribution is 7.20. The second kappa shape index (κ2) is 10.5. The van der Waals surface area contributed by atoms with Gasteiger partial charge in [0.05, 0.1) is 8.07 Å². The van der Waals surface area contributed by atoms with Crippen molar-refractivity contribution in [3.8, 4) is 11.1 Å². The van der Waals surface area contributed by atoms with Crippen molar-refractivity contribution in [1.82, 2.24) is 0 Å². The number of allylic oxidation sites excluding steroid dienone is 3. The number of thiophene rings is 1. The largest absolute Gasteiger partial charge is 0.139 e. The minimum atomic E-state index is -1.93. The molecule has 224 valence electrons. The van der Waals surface area contributed by atoms with Gasteiger partial charge in [-0.3, -0.25) is 0 Å². The van der Waals surface area contributed by atoms with Gasteiger partial charge in [0.25, 0.3) is 0 Å². The van der Waals surface area contributed by atoms with Crippen LogP contribution in [0.2, 0.25) is 12.1 Å². The number of benzene rings is 3. The Hall–Kier alpha value is -2.68. The molecule has 1 heterocycles. The second-order valence-corrected chi connectivity index (χ2v) is 21.6. The third-order valence-electron chi connectivity index (χ3n) is 11.0. The van der Waals surface area contributed by atoms with Gasteiger partial charge in [-0.1, -0.05) is 139 Å². The van der Waals surface area contributed by atoms with Gasteiger partial charge < -0.3 is 0 Å². The van der Waals surface area contributed by atoms with Gasteiger partial charge in [0, 0.05) is 26.0 Å². The Morgan fingerprint density at radius 2 is 1.37 bits per heavy atom. The summed E-state index contributed by atoms with van der Waals surface area (Å²) in [4.78, 5) is 1.66. The lowest BCUT2D eigenvalue weighted by atomic mass is 9.78. The Morgan fingerprint density at radius 3 is 1.98 bits per heavy atom. The highest BCUT2D eigenvalue weighted by atomic mass is 32.1. The first-order valence-electron chi connectivity index (χ1n) is 16.4. The van der Waals surface area contributed by atoms with Crippen LogP contribution in [-0.2, 0) is 10.8 Å². The van der Waals surface area contributed by atoms with E-state index in [2.05, 4.69) is 154 Å². The number of hydrogen-bond acceptors (Lipinski definition) is 1. The van der Waals surface area contributed by atoms with Gasteiger partial charge in [-0.2, -0.15) is 0 Å². The normalized spacial score (nSPS) is 18.8. The van der Waals surface area contributed by atoms with Crippen molar-refractivity contribution in [2.45, 2.75) is 110 Å². The molecule has 0 saturated heterocycles. The van der Waals surface area contributed by atoms with E-state index in [0.717, 1.165) is 0 Å². The molecule has 2 unspecified atom stereocenters. The molecule has 0 amide bonds. The maximum Gasteiger partial charge on any atom is 0.0787 e. The van der Waals surface area contributed by atoms with Crippen LogP contribution in [0.15, 0.2) is 71.8 Å². The zero-order chi connectivity index (χ0) is 31.1. The fourth-order valence-electron chi connectivity index (χ4n) is 8.41. The Balaban J connectivity index is 1.54. The molecule has 1 aromatic heterocycles. The zero-order valence-corrected chi connectivity index (χ0v) is 30.1. The van der Waals surface area contributed by atoms with E-state index in [1.54, 1.807) is 32.7 Å². The molecule has 0 aliphatic heterocycles. The molecular formula is C41H50SSi. The van der Waals surface area contributed by atoms with Gasteiger partial charge in [-0.15, -0.1) is 11.3 Å². The second-order valence-electron chi connectivity index (χ2n) is 15.4. The molecule has 2 aliphatic carbocycles. The van der Waals surface area contributed by atoms with Crippen LogP contribution in [0.5, 0.6) is 0 Å². The molecule has 0 nitrogen and oxygen atoms in total. The number of rotatable bonds is 5. The number of fused-ring (bicyclic) bond motifs is 4. The summed E-state index contributed by atoms with van der Waals surface area (Å²) in [7, 11) is -1.93. The molecule has 0 fully saturated rings. The van der Waals surface area contributed by atoms with Crippen LogP contribution in [0.1, 0.15) is 120 Å². The van der Waals surface area contributed by atoms with E-state index in [9.17, 15) is 0 Å². The van der Waals surface area contributed by atoms with Crippen LogP contribution >= 0.6 is 11.3 Å². The summed E-state index contributed by atoms with van der Waals surface area (Å²) >= 11 is 2.08. The van der Waals surface area contributed by atoms with Crippen LogP contribution in [0.25, 0.3) is 32.9 Å². The molecule has 0 bridgehead atoms. The van der Waals surface area contributed by atoms with Crippen molar-refractivity contribution in [2.75, 3.05) is 0 Å². The van der Waals surface area contributed by atoms with Crippen molar-refractivity contribution < 1.29 is 0 Å². The fraction of sp³-hybridized carbons (Fsp3) is 0.415. The highest BCUT2D eigenvalue weighted by Crippen LogP contribution is 2.60. The molecule has 4 aromatic rings. The molecule has 3 aromatic carbocycles. The van der Waals surface area contributed by atoms with Crippen LogP contribution in [-0.4, -0.2) is 8.07 Å². The van der Waals surface area contributed by atoms with E-state index >= 15 is 0 Å². The van der Waals surface area contributed by atoms with E-state index in [0.29, 0.717) is 11.1 Å². The minimum absolute atomic E-state index is 0.0981. The van der Waals surface area contributed by atoms with Gasteiger partial charge in [0.1, 0.15) is 0 Å². The van der Waals surface area contributed by atoms with E-state index < -0.39 is 8.07 Å². The third kappa shape index (κ3) is 4.67. The standard InChI is InChI=1S/C41H50SSi/c1-12-43(13-2,39-27(5)26(4)36-33-17-14-15-20-35(33)42-37(36)39)38-25(3)21-34-31(18-16-19-32(34)38)28-22-29(40(6,7)8)24-30(23-28)41(9,10)11/h14-24,38-39H,12-13H2,1-11H3. The predicted octanol–water partition coefficient (Wildman–Crippen LogP) is 12.8. The topological polar surface area (TPSA) is 0 Å². The molecule has 2 atom stereocenters. The van der Waals surface area contributed by atoms with Crippen molar-refractivity contribution >= 4 is 41.1 Å². The molecule has 0 radical (unpaired) electrons. The Bertz CT molecular complexity index is 1760. The van der Waals surface area contributed by atoms with Gasteiger partial charge in [0.15, 0.2) is 0 Å². The zero-order valence-electron chi connectivity index (χ0n) is 28.3. The lowest BCUT2D eigenvalue weighted by Crippen LogP contribution is -2.47.